The highest BCUT2D eigenvalue weighted by Crippen LogP contribution is 2.30. The van der Waals surface area contributed by atoms with Crippen LogP contribution in [0.5, 0.6) is 0 Å². The van der Waals surface area contributed by atoms with E-state index in [0.717, 1.165) is 24.3 Å². The molecular weight excluding hydrogens is 366 g/mol. The molecule has 0 unspecified atom stereocenters. The number of nitrogens with zero attached hydrogens (tertiary/aromatic N) is 4. The summed E-state index contributed by atoms with van der Waals surface area (Å²) >= 11 is 0. The van der Waals surface area contributed by atoms with Crippen LogP contribution in [0.15, 0.2) is 35.2 Å². The van der Waals surface area contributed by atoms with Gasteiger partial charge in [-0.1, -0.05) is 0 Å². The van der Waals surface area contributed by atoms with Crippen LogP contribution in [0.25, 0.3) is 0 Å². The van der Waals surface area contributed by atoms with Crippen LogP contribution in [-0.2, 0) is 21.2 Å². The van der Waals surface area contributed by atoms with E-state index >= 15 is 0 Å². The van der Waals surface area contributed by atoms with Crippen molar-refractivity contribution in [3.05, 3.63) is 35.9 Å². The Morgan fingerprint density at radius 3 is 2.52 bits per heavy atom. The molecule has 0 saturated heterocycles. The molecule has 0 aliphatic carbocycles. The van der Waals surface area contributed by atoms with Crippen LogP contribution in [-0.4, -0.2) is 44.2 Å². The Labute approximate surface area is 159 Å². The summed E-state index contributed by atoms with van der Waals surface area (Å²) in [4.78, 5) is 15.4. The normalized spacial score (nSPS) is 13.4. The van der Waals surface area contributed by atoms with Crippen LogP contribution in [0, 0.1) is 0 Å². The Morgan fingerprint density at radius 2 is 1.93 bits per heavy atom. The summed E-state index contributed by atoms with van der Waals surface area (Å²) in [5.41, 5.74) is 1.61. The third kappa shape index (κ3) is 3.87. The Balaban J connectivity index is 1.80. The summed E-state index contributed by atoms with van der Waals surface area (Å²) in [5.74, 6) is 0.813. The molecule has 1 aliphatic heterocycles. The molecule has 2 heterocycles. The first-order valence-electron chi connectivity index (χ1n) is 8.88. The van der Waals surface area contributed by atoms with Gasteiger partial charge in [-0.2, -0.15) is 0 Å². The number of benzene rings is 1. The van der Waals surface area contributed by atoms with Crippen molar-refractivity contribution in [2.75, 3.05) is 34.2 Å². The molecule has 0 atom stereocenters. The number of sulfonamides is 1. The van der Waals surface area contributed by atoms with Gasteiger partial charge in [-0.25, -0.2) is 8.42 Å². The number of hydrogen-bond donors (Lipinski definition) is 1. The molecule has 0 spiro atoms. The van der Waals surface area contributed by atoms with E-state index in [-0.39, 0.29) is 16.6 Å². The quantitative estimate of drug-likeness (QED) is 0.812. The van der Waals surface area contributed by atoms with Crippen LogP contribution < -0.4 is 14.5 Å². The summed E-state index contributed by atoms with van der Waals surface area (Å²) in [6.07, 6.45) is 0.636. The van der Waals surface area contributed by atoms with Gasteiger partial charge in [0.2, 0.25) is 5.91 Å². The van der Waals surface area contributed by atoms with E-state index in [1.807, 2.05) is 18.7 Å². The zero-order valence-electron chi connectivity index (χ0n) is 15.6. The minimum Gasteiger partial charge on any atom is -0.356 e. The summed E-state index contributed by atoms with van der Waals surface area (Å²) in [7, 11) is -3.79. The monoisotopic (exact) mass is 389 g/mol. The van der Waals surface area contributed by atoms with Crippen molar-refractivity contribution in [2.24, 2.45) is 0 Å². The van der Waals surface area contributed by atoms with E-state index in [9.17, 15) is 13.2 Å². The van der Waals surface area contributed by atoms with Crippen molar-refractivity contribution in [1.29, 1.82) is 0 Å². The van der Waals surface area contributed by atoms with E-state index in [1.54, 1.807) is 29.2 Å². The molecule has 0 radical (unpaired) electrons. The standard InChI is InChI=1S/C18H23N5O3S/c1-4-22(5-2)18-9-8-17(19-20-18)21-27(25,26)15-6-7-16-14(12-15)10-11-23(16)13(3)24/h6-9,12H,4-5,10-11H2,1-3H3,(H,19,21). The topological polar surface area (TPSA) is 95.5 Å². The maximum Gasteiger partial charge on any atom is 0.263 e. The van der Waals surface area contributed by atoms with E-state index in [2.05, 4.69) is 14.9 Å². The van der Waals surface area contributed by atoms with Gasteiger partial charge in [0.05, 0.1) is 4.90 Å². The zero-order valence-corrected chi connectivity index (χ0v) is 16.5. The third-order valence-electron chi connectivity index (χ3n) is 4.61. The predicted molar refractivity (Wildman–Crippen MR) is 105 cm³/mol. The molecule has 3 rings (SSSR count). The maximum atomic E-state index is 12.7. The maximum absolute atomic E-state index is 12.7. The van der Waals surface area contributed by atoms with Crippen LogP contribution in [0.3, 0.4) is 0 Å². The summed E-state index contributed by atoms with van der Waals surface area (Å²) in [6.45, 7) is 7.69. The van der Waals surface area contributed by atoms with Crippen molar-refractivity contribution in [3.8, 4) is 0 Å². The molecule has 0 fully saturated rings. The smallest absolute Gasteiger partial charge is 0.263 e. The minimum absolute atomic E-state index is 0.0500. The number of amides is 1. The lowest BCUT2D eigenvalue weighted by Gasteiger charge is -2.19. The predicted octanol–water partition coefficient (Wildman–Crippen LogP) is 2.03. The number of fused-ring (bicyclic) bond motifs is 1. The van der Waals surface area contributed by atoms with Gasteiger partial charge in [0.25, 0.3) is 10.0 Å². The first-order valence-corrected chi connectivity index (χ1v) is 10.4. The van der Waals surface area contributed by atoms with Gasteiger partial charge in [0.1, 0.15) is 0 Å². The van der Waals surface area contributed by atoms with E-state index in [1.165, 1.54) is 13.0 Å². The molecule has 1 N–H and O–H groups in total. The lowest BCUT2D eigenvalue weighted by molar-refractivity contribution is -0.116. The number of carbonyl (C=O) groups excluding carboxylic acids is 1. The number of hydrogen-bond acceptors (Lipinski definition) is 6. The van der Waals surface area contributed by atoms with Crippen LogP contribution >= 0.6 is 0 Å². The highest BCUT2D eigenvalue weighted by atomic mass is 32.2. The zero-order chi connectivity index (χ0) is 19.6. The molecule has 27 heavy (non-hydrogen) atoms. The first kappa shape index (κ1) is 19.1. The molecule has 1 aromatic carbocycles. The van der Waals surface area contributed by atoms with Crippen molar-refractivity contribution >= 4 is 33.3 Å². The lowest BCUT2D eigenvalue weighted by Crippen LogP contribution is -2.25. The fraction of sp³-hybridized carbons (Fsp3) is 0.389. The highest BCUT2D eigenvalue weighted by molar-refractivity contribution is 7.92. The average Bonchev–Trinajstić information content (AvgIpc) is 3.07. The van der Waals surface area contributed by atoms with E-state index in [4.69, 9.17) is 0 Å². The molecular formula is C18H23N5O3S. The second-order valence-corrected chi connectivity index (χ2v) is 7.95. The van der Waals surface area contributed by atoms with Crippen LogP contribution in [0.4, 0.5) is 17.3 Å². The van der Waals surface area contributed by atoms with Crippen LogP contribution in [0.1, 0.15) is 26.3 Å². The number of anilines is 3. The lowest BCUT2D eigenvalue weighted by atomic mass is 10.2. The fourth-order valence-corrected chi connectivity index (χ4v) is 4.21. The summed E-state index contributed by atoms with van der Waals surface area (Å²) in [6, 6.07) is 8.13. The van der Waals surface area contributed by atoms with Gasteiger partial charge in [0.15, 0.2) is 11.6 Å². The van der Waals surface area contributed by atoms with E-state index in [0.29, 0.717) is 18.8 Å². The molecule has 1 aliphatic rings. The Bertz CT molecular complexity index is 940. The van der Waals surface area contributed by atoms with Gasteiger partial charge < -0.3 is 9.80 Å². The van der Waals surface area contributed by atoms with Crippen molar-refractivity contribution in [2.45, 2.75) is 32.1 Å². The number of carbonyl (C=O) groups is 1. The Morgan fingerprint density at radius 1 is 1.19 bits per heavy atom. The van der Waals surface area contributed by atoms with Crippen molar-refractivity contribution < 1.29 is 13.2 Å². The summed E-state index contributed by atoms with van der Waals surface area (Å²) in [5, 5.41) is 8.07. The van der Waals surface area contributed by atoms with E-state index < -0.39 is 10.0 Å². The molecule has 144 valence electrons. The third-order valence-corrected chi connectivity index (χ3v) is 5.97. The largest absolute Gasteiger partial charge is 0.356 e. The molecule has 0 bridgehead atoms. The van der Waals surface area contributed by atoms with Gasteiger partial charge >= 0.3 is 0 Å². The molecule has 0 saturated carbocycles. The van der Waals surface area contributed by atoms with Crippen molar-refractivity contribution in [3.63, 3.8) is 0 Å². The molecule has 9 heteroatoms. The highest BCUT2D eigenvalue weighted by Gasteiger charge is 2.25. The SMILES string of the molecule is CCN(CC)c1ccc(NS(=O)(=O)c2ccc3c(c2)CCN3C(C)=O)nn1. The molecule has 2 aromatic rings. The van der Waals surface area contributed by atoms with Gasteiger partial charge in [-0.05, 0) is 56.2 Å². The first-order chi connectivity index (χ1) is 12.9. The number of nitrogens with one attached hydrogen (secondary N) is 1. The average molecular weight is 389 g/mol. The minimum atomic E-state index is -3.79. The number of aromatic nitrogens is 2. The molecule has 8 nitrogen and oxygen atoms in total. The molecule has 1 aromatic heterocycles. The Hall–Kier alpha value is -2.68. The Kier molecular flexibility index (Phi) is 5.31. The second-order valence-electron chi connectivity index (χ2n) is 6.27. The number of rotatable bonds is 6. The molecule has 1 amide bonds. The van der Waals surface area contributed by atoms with Gasteiger partial charge in [-0.3, -0.25) is 9.52 Å². The fourth-order valence-electron chi connectivity index (χ4n) is 3.16. The summed E-state index contributed by atoms with van der Waals surface area (Å²) < 4.78 is 27.8. The van der Waals surface area contributed by atoms with Crippen LogP contribution in [0.2, 0.25) is 0 Å². The second kappa shape index (κ2) is 7.51. The van der Waals surface area contributed by atoms with Gasteiger partial charge in [0, 0.05) is 32.2 Å². The van der Waals surface area contributed by atoms with Gasteiger partial charge in [-0.15, -0.1) is 10.2 Å². The van der Waals surface area contributed by atoms with Crippen molar-refractivity contribution in [1.82, 2.24) is 10.2 Å².